The average Bonchev–Trinajstić information content (AvgIpc) is 2.24. The van der Waals surface area contributed by atoms with Gasteiger partial charge in [-0.05, 0) is 12.5 Å². The molecule has 3 nitrogen and oxygen atoms in total. The molecule has 0 radical (unpaired) electrons. The van der Waals surface area contributed by atoms with Crippen LogP contribution < -0.4 is 0 Å². The molecule has 1 saturated carbocycles. The molecule has 0 unspecified atom stereocenters. The Balaban J connectivity index is -0.000000154. The Morgan fingerprint density at radius 3 is 1.53 bits per heavy atom. The zero-order chi connectivity index (χ0) is 12.5. The maximum Gasteiger partial charge on any atom is 0.116 e. The summed E-state index contributed by atoms with van der Waals surface area (Å²) in [5.74, 6) is 2.29. The van der Waals surface area contributed by atoms with Gasteiger partial charge in [0.1, 0.15) is 12.7 Å². The minimum Gasteiger partial charge on any atom is -0.388 e. The van der Waals surface area contributed by atoms with Gasteiger partial charge < -0.3 is 9.53 Å². The Bertz CT molecular complexity index is 123. The molecule has 1 fully saturated rings. The summed E-state index contributed by atoms with van der Waals surface area (Å²) < 4.78 is 4.25. The number of hydrogen-bond acceptors (Lipinski definition) is 3. The van der Waals surface area contributed by atoms with Gasteiger partial charge in [-0.25, -0.2) is 4.79 Å². The third kappa shape index (κ3) is 32.0. The fraction of sp³-hybridized carbons (Fsp3) is 0.750. The Morgan fingerprint density at radius 1 is 1.13 bits per heavy atom. The first-order chi connectivity index (χ1) is 7.22. The van der Waals surface area contributed by atoms with E-state index in [0.717, 1.165) is 5.92 Å². The number of carbonyl (C=O) groups is 1. The second-order valence-electron chi connectivity index (χ2n) is 3.30. The number of carbonyl (C=O) groups excluding carboxylic acids is 2. The molecule has 0 atom stereocenters. The van der Waals surface area contributed by atoms with Crippen molar-refractivity contribution >= 4 is 12.7 Å². The highest BCUT2D eigenvalue weighted by molar-refractivity contribution is 5.38. The molecular formula is C12H24O3. The Labute approximate surface area is 93.5 Å². The van der Waals surface area contributed by atoms with Gasteiger partial charge in [-0.15, -0.1) is 0 Å². The number of hydrogen-bond donors (Lipinski definition) is 0. The number of methoxy groups -OCH3 is 1. The van der Waals surface area contributed by atoms with Crippen LogP contribution in [0, 0.1) is 5.92 Å². The molecule has 0 bridgehead atoms. The van der Waals surface area contributed by atoms with Crippen molar-refractivity contribution in [3.8, 4) is 0 Å². The van der Waals surface area contributed by atoms with Crippen LogP contribution in [-0.4, -0.2) is 27.0 Å². The highest BCUT2D eigenvalue weighted by atomic mass is 16.4. The van der Waals surface area contributed by atoms with Crippen LogP contribution in [0.5, 0.6) is 0 Å². The molecule has 1 aliphatic rings. The Morgan fingerprint density at radius 2 is 1.40 bits per heavy atom. The van der Waals surface area contributed by atoms with E-state index in [2.05, 4.69) is 18.2 Å². The van der Waals surface area contributed by atoms with E-state index in [0.29, 0.717) is 0 Å². The van der Waals surface area contributed by atoms with Gasteiger partial charge in [0.25, 0.3) is 0 Å². The third-order valence-corrected chi connectivity index (χ3v) is 1.89. The van der Waals surface area contributed by atoms with Gasteiger partial charge in [-0.1, -0.05) is 39.0 Å². The van der Waals surface area contributed by atoms with Crippen LogP contribution in [0.25, 0.3) is 0 Å². The molecule has 15 heavy (non-hydrogen) atoms. The van der Waals surface area contributed by atoms with Crippen LogP contribution >= 0.6 is 0 Å². The molecule has 0 aromatic rings. The minimum atomic E-state index is 1.04. The largest absolute Gasteiger partial charge is 0.388 e. The van der Waals surface area contributed by atoms with Crippen molar-refractivity contribution in [1.82, 2.24) is 0 Å². The quantitative estimate of drug-likeness (QED) is 0.585. The van der Waals surface area contributed by atoms with E-state index in [1.807, 2.05) is 6.79 Å². The summed E-state index contributed by atoms with van der Waals surface area (Å²) in [6, 6.07) is 0. The molecule has 0 amide bonds. The smallest absolute Gasteiger partial charge is 0.116 e. The minimum absolute atomic E-state index is 1.04. The summed E-state index contributed by atoms with van der Waals surface area (Å²) >= 11 is 0. The van der Waals surface area contributed by atoms with Crippen LogP contribution in [0.4, 0.5) is 0 Å². The summed E-state index contributed by atoms with van der Waals surface area (Å²) in [6.45, 7) is 7.04. The molecule has 0 aromatic heterocycles. The second kappa shape index (κ2) is 23.2. The first-order valence-electron chi connectivity index (χ1n) is 5.06. The molecule has 90 valence electrons. The van der Waals surface area contributed by atoms with Crippen LogP contribution in [0.1, 0.15) is 39.0 Å². The van der Waals surface area contributed by atoms with Crippen molar-refractivity contribution < 1.29 is 14.3 Å². The van der Waals surface area contributed by atoms with Crippen molar-refractivity contribution in [2.24, 2.45) is 5.92 Å². The maximum absolute atomic E-state index is 8.57. The molecule has 0 N–H and O–H groups in total. The highest BCUT2D eigenvalue weighted by Crippen LogP contribution is 2.21. The number of ether oxygens (including phenoxy) is 1. The molecule has 1 rings (SSSR count). The van der Waals surface area contributed by atoms with Gasteiger partial charge in [0.15, 0.2) is 0 Å². The summed E-state index contributed by atoms with van der Waals surface area (Å²) in [4.78, 5) is 16.6. The van der Waals surface area contributed by atoms with Crippen LogP contribution in [-0.2, 0) is 14.3 Å². The average molecular weight is 216 g/mol. The van der Waals surface area contributed by atoms with E-state index in [4.69, 9.17) is 9.59 Å². The summed E-state index contributed by atoms with van der Waals surface area (Å²) in [5.41, 5.74) is 0. The van der Waals surface area contributed by atoms with Crippen LogP contribution in [0.15, 0.2) is 6.58 Å². The molecule has 0 heterocycles. The molecule has 0 saturated heterocycles. The monoisotopic (exact) mass is 216 g/mol. The van der Waals surface area contributed by atoms with E-state index in [9.17, 15) is 0 Å². The molecule has 0 spiro atoms. The summed E-state index contributed by atoms with van der Waals surface area (Å²) in [6.07, 6.45) is 7.44. The normalized spacial score (nSPS) is 13.8. The van der Waals surface area contributed by atoms with Gasteiger partial charge in [-0.2, -0.15) is 0 Å². The standard InChI is InChI=1S/C7H14.C2H6O.C2H2O.CH2O/c1-7-5-3-2-4-6-7;1-3-2;1-2-3;1-2/h7H,2-6H2,1H3;1-2H3;1H2;1H2. The third-order valence-electron chi connectivity index (χ3n) is 1.89. The first-order valence-corrected chi connectivity index (χ1v) is 5.06. The zero-order valence-electron chi connectivity index (χ0n) is 10.3. The van der Waals surface area contributed by atoms with E-state index < -0.39 is 0 Å². The molecule has 1 aliphatic carbocycles. The summed E-state index contributed by atoms with van der Waals surface area (Å²) in [5, 5.41) is 0. The van der Waals surface area contributed by atoms with E-state index in [1.165, 1.54) is 38.0 Å². The number of rotatable bonds is 0. The topological polar surface area (TPSA) is 43.4 Å². The fourth-order valence-corrected chi connectivity index (χ4v) is 1.31. The molecule has 0 aliphatic heterocycles. The van der Waals surface area contributed by atoms with Gasteiger partial charge in [0.2, 0.25) is 0 Å². The van der Waals surface area contributed by atoms with E-state index >= 15 is 0 Å². The predicted octanol–water partition coefficient (Wildman–Crippen LogP) is 2.67. The first kappa shape index (κ1) is 19.6. The summed E-state index contributed by atoms with van der Waals surface area (Å²) in [7, 11) is 3.25. The SMILES string of the molecule is C=C=O.C=O.CC1CCCCC1.COC. The second-order valence-corrected chi connectivity index (χ2v) is 3.30. The van der Waals surface area contributed by atoms with Gasteiger partial charge in [0.05, 0.1) is 0 Å². The maximum atomic E-state index is 8.57. The van der Waals surface area contributed by atoms with Crippen molar-refractivity contribution in [1.29, 1.82) is 0 Å². The lowest BCUT2D eigenvalue weighted by molar-refractivity contribution is -0.0979. The highest BCUT2D eigenvalue weighted by Gasteiger charge is 2.05. The van der Waals surface area contributed by atoms with Gasteiger partial charge in [-0.3, -0.25) is 0 Å². The lowest BCUT2D eigenvalue weighted by Crippen LogP contribution is -1.99. The van der Waals surface area contributed by atoms with Crippen LogP contribution in [0.3, 0.4) is 0 Å². The Hall–Kier alpha value is -0.920. The lowest BCUT2D eigenvalue weighted by atomic mass is 9.91. The lowest BCUT2D eigenvalue weighted by Gasteiger charge is -2.15. The van der Waals surface area contributed by atoms with Gasteiger partial charge >= 0.3 is 0 Å². The van der Waals surface area contributed by atoms with Crippen molar-refractivity contribution in [2.75, 3.05) is 14.2 Å². The predicted molar refractivity (Wildman–Crippen MR) is 63.6 cm³/mol. The van der Waals surface area contributed by atoms with Crippen molar-refractivity contribution in [3.05, 3.63) is 6.58 Å². The molecule has 3 heteroatoms. The zero-order valence-corrected chi connectivity index (χ0v) is 10.3. The molecule has 0 aromatic carbocycles. The van der Waals surface area contributed by atoms with Crippen molar-refractivity contribution in [3.63, 3.8) is 0 Å². The van der Waals surface area contributed by atoms with Crippen LogP contribution in [0.2, 0.25) is 0 Å². The molecular weight excluding hydrogens is 192 g/mol. The van der Waals surface area contributed by atoms with Gasteiger partial charge in [0, 0.05) is 14.2 Å². The van der Waals surface area contributed by atoms with E-state index in [-0.39, 0.29) is 0 Å². The van der Waals surface area contributed by atoms with Crippen molar-refractivity contribution in [2.45, 2.75) is 39.0 Å². The Kier molecular flexibility index (Phi) is 30.3. The van der Waals surface area contributed by atoms with E-state index in [1.54, 1.807) is 14.2 Å². The fourth-order valence-electron chi connectivity index (χ4n) is 1.31.